The summed E-state index contributed by atoms with van der Waals surface area (Å²) in [6.45, 7) is 2.04. The molecule has 5 nitrogen and oxygen atoms in total. The van der Waals surface area contributed by atoms with Gasteiger partial charge >= 0.3 is 0 Å². The fourth-order valence-electron chi connectivity index (χ4n) is 2.40. The van der Waals surface area contributed by atoms with Crippen LogP contribution < -0.4 is 10.0 Å². The van der Waals surface area contributed by atoms with Crippen molar-refractivity contribution in [2.24, 2.45) is 0 Å². The SMILES string of the molecule is CNCCCc1ccc(S(=O)(=O)NCC2CCCO2)cc1. The summed E-state index contributed by atoms with van der Waals surface area (Å²) in [5.41, 5.74) is 1.16. The summed E-state index contributed by atoms with van der Waals surface area (Å²) in [6, 6.07) is 7.12. The maximum atomic E-state index is 12.2. The first-order valence-corrected chi connectivity index (χ1v) is 8.95. The van der Waals surface area contributed by atoms with Gasteiger partial charge in [-0.3, -0.25) is 0 Å². The molecule has 0 aliphatic carbocycles. The average molecular weight is 312 g/mol. The van der Waals surface area contributed by atoms with Gasteiger partial charge in [0, 0.05) is 13.2 Å². The molecule has 21 heavy (non-hydrogen) atoms. The quantitative estimate of drug-likeness (QED) is 0.710. The lowest BCUT2D eigenvalue weighted by Crippen LogP contribution is -2.31. The van der Waals surface area contributed by atoms with Gasteiger partial charge in [-0.25, -0.2) is 13.1 Å². The highest BCUT2D eigenvalue weighted by Gasteiger charge is 2.20. The molecule has 1 fully saturated rings. The molecule has 0 amide bonds. The summed E-state index contributed by atoms with van der Waals surface area (Å²) in [6.07, 6.45) is 3.94. The molecule has 2 N–H and O–H groups in total. The second-order valence-electron chi connectivity index (χ2n) is 5.34. The predicted octanol–water partition coefficient (Wildman–Crippen LogP) is 1.30. The molecule has 2 rings (SSSR count). The molecule has 1 heterocycles. The summed E-state index contributed by atoms with van der Waals surface area (Å²) in [4.78, 5) is 0.317. The molecule has 1 aliphatic rings. The van der Waals surface area contributed by atoms with E-state index in [9.17, 15) is 8.42 Å². The van der Waals surface area contributed by atoms with Crippen molar-refractivity contribution in [3.8, 4) is 0 Å². The van der Waals surface area contributed by atoms with Crippen molar-refractivity contribution in [3.63, 3.8) is 0 Å². The van der Waals surface area contributed by atoms with Crippen molar-refractivity contribution >= 4 is 10.0 Å². The Morgan fingerprint density at radius 3 is 2.67 bits per heavy atom. The van der Waals surface area contributed by atoms with Crippen molar-refractivity contribution in [3.05, 3.63) is 29.8 Å². The third kappa shape index (κ3) is 5.07. The topological polar surface area (TPSA) is 67.4 Å². The molecule has 1 aliphatic heterocycles. The Bertz CT molecular complexity index is 522. The summed E-state index contributed by atoms with van der Waals surface area (Å²) >= 11 is 0. The molecule has 1 saturated heterocycles. The zero-order chi connectivity index (χ0) is 15.1. The van der Waals surface area contributed by atoms with E-state index in [2.05, 4.69) is 10.0 Å². The minimum absolute atomic E-state index is 0.0144. The zero-order valence-electron chi connectivity index (χ0n) is 12.5. The standard InChI is InChI=1S/C15H24N2O3S/c1-16-10-2-4-13-6-8-15(9-7-13)21(18,19)17-12-14-5-3-11-20-14/h6-9,14,16-17H,2-5,10-12H2,1H3. The van der Waals surface area contributed by atoms with Crippen molar-refractivity contribution in [2.45, 2.75) is 36.7 Å². The number of sulfonamides is 1. The number of hydrogen-bond donors (Lipinski definition) is 2. The Labute approximate surface area is 127 Å². The Hall–Kier alpha value is -0.950. The second-order valence-corrected chi connectivity index (χ2v) is 7.10. The van der Waals surface area contributed by atoms with Crippen LogP contribution in [0.15, 0.2) is 29.2 Å². The van der Waals surface area contributed by atoms with E-state index in [4.69, 9.17) is 4.74 Å². The molecule has 0 aromatic heterocycles. The molecule has 0 radical (unpaired) electrons. The van der Waals surface area contributed by atoms with E-state index >= 15 is 0 Å². The summed E-state index contributed by atoms with van der Waals surface area (Å²) in [5.74, 6) is 0. The molecule has 0 spiro atoms. The highest BCUT2D eigenvalue weighted by atomic mass is 32.2. The Balaban J connectivity index is 1.89. The molecule has 118 valence electrons. The monoisotopic (exact) mass is 312 g/mol. The third-order valence-corrected chi connectivity index (χ3v) is 5.09. The maximum absolute atomic E-state index is 12.2. The summed E-state index contributed by atoms with van der Waals surface area (Å²) in [5, 5.41) is 3.10. The van der Waals surface area contributed by atoms with E-state index < -0.39 is 10.0 Å². The van der Waals surface area contributed by atoms with Gasteiger partial charge in [0.2, 0.25) is 10.0 Å². The lowest BCUT2D eigenvalue weighted by molar-refractivity contribution is 0.114. The number of hydrogen-bond acceptors (Lipinski definition) is 4. The van der Waals surface area contributed by atoms with Gasteiger partial charge in [0.1, 0.15) is 0 Å². The van der Waals surface area contributed by atoms with Gasteiger partial charge in [0.05, 0.1) is 11.0 Å². The van der Waals surface area contributed by atoms with Crippen LogP contribution in [0.3, 0.4) is 0 Å². The van der Waals surface area contributed by atoms with Crippen molar-refractivity contribution in [2.75, 3.05) is 26.7 Å². The highest BCUT2D eigenvalue weighted by molar-refractivity contribution is 7.89. The van der Waals surface area contributed by atoms with E-state index in [-0.39, 0.29) is 6.10 Å². The van der Waals surface area contributed by atoms with Gasteiger partial charge in [-0.2, -0.15) is 0 Å². The van der Waals surface area contributed by atoms with Crippen LogP contribution in [0.25, 0.3) is 0 Å². The van der Waals surface area contributed by atoms with E-state index in [1.807, 2.05) is 19.2 Å². The molecular formula is C15H24N2O3S. The second kappa shape index (κ2) is 7.89. The van der Waals surface area contributed by atoms with Crippen LogP contribution in [0.5, 0.6) is 0 Å². The lowest BCUT2D eigenvalue weighted by Gasteiger charge is -2.11. The van der Waals surface area contributed by atoms with Crippen LogP contribution in [0.4, 0.5) is 0 Å². The minimum Gasteiger partial charge on any atom is -0.377 e. The van der Waals surface area contributed by atoms with Crippen LogP contribution in [0.2, 0.25) is 0 Å². The van der Waals surface area contributed by atoms with Crippen molar-refractivity contribution in [1.29, 1.82) is 0 Å². The first kappa shape index (κ1) is 16.4. The largest absolute Gasteiger partial charge is 0.377 e. The van der Waals surface area contributed by atoms with Crippen LogP contribution in [-0.2, 0) is 21.2 Å². The van der Waals surface area contributed by atoms with Crippen LogP contribution in [-0.4, -0.2) is 41.3 Å². The van der Waals surface area contributed by atoms with Gasteiger partial charge in [-0.1, -0.05) is 12.1 Å². The fraction of sp³-hybridized carbons (Fsp3) is 0.600. The molecule has 1 aromatic carbocycles. The normalized spacial score (nSPS) is 19.0. The van der Waals surface area contributed by atoms with Gasteiger partial charge < -0.3 is 10.1 Å². The number of rotatable bonds is 8. The smallest absolute Gasteiger partial charge is 0.240 e. The molecule has 1 unspecified atom stereocenters. The first-order valence-electron chi connectivity index (χ1n) is 7.46. The van der Waals surface area contributed by atoms with Gasteiger partial charge in [-0.05, 0) is 57.0 Å². The molecular weight excluding hydrogens is 288 g/mol. The lowest BCUT2D eigenvalue weighted by atomic mass is 10.1. The average Bonchev–Trinajstić information content (AvgIpc) is 3.00. The number of benzene rings is 1. The maximum Gasteiger partial charge on any atom is 0.240 e. The predicted molar refractivity (Wildman–Crippen MR) is 82.9 cm³/mol. The fourth-order valence-corrected chi connectivity index (χ4v) is 3.46. The Morgan fingerprint density at radius 1 is 1.29 bits per heavy atom. The number of ether oxygens (including phenoxy) is 1. The van der Waals surface area contributed by atoms with E-state index in [1.54, 1.807) is 12.1 Å². The number of nitrogens with one attached hydrogen (secondary N) is 2. The Morgan fingerprint density at radius 2 is 2.05 bits per heavy atom. The zero-order valence-corrected chi connectivity index (χ0v) is 13.3. The molecule has 6 heteroatoms. The molecule has 1 atom stereocenters. The molecule has 0 saturated carbocycles. The van der Waals surface area contributed by atoms with Crippen molar-refractivity contribution in [1.82, 2.24) is 10.0 Å². The summed E-state index contributed by atoms with van der Waals surface area (Å²) < 4.78 is 32.4. The highest BCUT2D eigenvalue weighted by Crippen LogP contribution is 2.14. The first-order chi connectivity index (χ1) is 10.1. The van der Waals surface area contributed by atoms with Crippen LogP contribution in [0.1, 0.15) is 24.8 Å². The summed E-state index contributed by atoms with van der Waals surface area (Å²) in [7, 11) is -1.51. The van der Waals surface area contributed by atoms with E-state index in [1.165, 1.54) is 0 Å². The van der Waals surface area contributed by atoms with Crippen LogP contribution >= 0.6 is 0 Å². The van der Waals surface area contributed by atoms with Gasteiger partial charge in [-0.15, -0.1) is 0 Å². The van der Waals surface area contributed by atoms with Crippen LogP contribution in [0, 0.1) is 0 Å². The Kier molecular flexibility index (Phi) is 6.17. The number of aryl methyl sites for hydroxylation is 1. The van der Waals surface area contributed by atoms with E-state index in [0.29, 0.717) is 11.4 Å². The minimum atomic E-state index is -3.43. The van der Waals surface area contributed by atoms with E-state index in [0.717, 1.165) is 44.4 Å². The van der Waals surface area contributed by atoms with Gasteiger partial charge in [0.25, 0.3) is 0 Å². The molecule has 0 bridgehead atoms. The molecule has 1 aromatic rings. The van der Waals surface area contributed by atoms with Crippen molar-refractivity contribution < 1.29 is 13.2 Å². The third-order valence-electron chi connectivity index (χ3n) is 3.65. The van der Waals surface area contributed by atoms with Gasteiger partial charge in [0.15, 0.2) is 0 Å².